The first-order valence-electron chi connectivity index (χ1n) is 3.93. The molecule has 1 rings (SSSR count). The number of halogens is 11. The quantitative estimate of drug-likeness (QED) is 0.496. The average Bonchev–Trinajstić information content (AvgIpc) is 2.10. The summed E-state index contributed by atoms with van der Waals surface area (Å²) in [6, 6.07) is -6.13. The SMILES string of the molecule is FC1=NC(F)(F)C(F)(C(F)(F)F)OC1(F)C(F)(F)F. The minimum absolute atomic E-state index is 0.856. The van der Waals surface area contributed by atoms with E-state index in [1.165, 1.54) is 0 Å². The van der Waals surface area contributed by atoms with Crippen LogP contribution < -0.4 is 0 Å². The first kappa shape index (κ1) is 15.9. The normalized spacial score (nSPS) is 36.1. The van der Waals surface area contributed by atoms with E-state index >= 15 is 0 Å². The fourth-order valence-electron chi connectivity index (χ4n) is 0.968. The van der Waals surface area contributed by atoms with Crippen molar-refractivity contribution in [1.29, 1.82) is 0 Å². The van der Waals surface area contributed by atoms with Crippen molar-refractivity contribution in [3.8, 4) is 0 Å². The summed E-state index contributed by atoms with van der Waals surface area (Å²) in [7, 11) is 0. The number of hydrogen-bond donors (Lipinski definition) is 0. The van der Waals surface area contributed by atoms with Gasteiger partial charge in [0, 0.05) is 0 Å². The molecule has 0 fully saturated rings. The van der Waals surface area contributed by atoms with Crippen LogP contribution in [-0.4, -0.2) is 36.1 Å². The summed E-state index contributed by atoms with van der Waals surface area (Å²) >= 11 is 0. The minimum Gasteiger partial charge on any atom is -0.280 e. The first-order valence-corrected chi connectivity index (χ1v) is 3.93. The molecule has 0 saturated carbocycles. The first-order chi connectivity index (χ1) is 8.08. The Kier molecular flexibility index (Phi) is 3.10. The van der Waals surface area contributed by atoms with E-state index in [2.05, 4.69) is 4.74 Å². The van der Waals surface area contributed by atoms with E-state index in [-0.39, 0.29) is 0 Å². The monoisotopic (exact) mass is 311 g/mol. The topological polar surface area (TPSA) is 21.6 Å². The summed E-state index contributed by atoms with van der Waals surface area (Å²) < 4.78 is 137. The molecular formula is C6F11NO. The average molecular weight is 311 g/mol. The van der Waals surface area contributed by atoms with E-state index in [0.717, 1.165) is 4.99 Å². The Balaban J connectivity index is 3.51. The van der Waals surface area contributed by atoms with Crippen molar-refractivity contribution in [3.05, 3.63) is 0 Å². The molecule has 2 unspecified atom stereocenters. The molecule has 0 bridgehead atoms. The second-order valence-corrected chi connectivity index (χ2v) is 3.23. The molecule has 0 radical (unpaired) electrons. The fraction of sp³-hybridized carbons (Fsp3) is 0.833. The van der Waals surface area contributed by atoms with Gasteiger partial charge >= 0.3 is 30.1 Å². The smallest absolute Gasteiger partial charge is 0.280 e. The maximum Gasteiger partial charge on any atom is 0.457 e. The van der Waals surface area contributed by atoms with E-state index < -0.39 is 36.1 Å². The van der Waals surface area contributed by atoms with Gasteiger partial charge in [-0.15, -0.1) is 0 Å². The van der Waals surface area contributed by atoms with E-state index in [9.17, 15) is 48.3 Å². The van der Waals surface area contributed by atoms with E-state index in [1.54, 1.807) is 0 Å². The van der Waals surface area contributed by atoms with Crippen molar-refractivity contribution in [2.75, 3.05) is 0 Å². The lowest BCUT2D eigenvalue weighted by molar-refractivity contribution is -0.463. The van der Waals surface area contributed by atoms with Crippen LogP contribution >= 0.6 is 0 Å². The number of nitrogens with zero attached hydrogens (tertiary/aromatic N) is 1. The summed E-state index contributed by atoms with van der Waals surface area (Å²) in [6.45, 7) is 0. The zero-order valence-electron chi connectivity index (χ0n) is 8.01. The Labute approximate surface area is 95.4 Å². The summed E-state index contributed by atoms with van der Waals surface area (Å²) in [4.78, 5) is 0.856. The Bertz CT molecular complexity index is 410. The van der Waals surface area contributed by atoms with Crippen molar-refractivity contribution in [3.63, 3.8) is 0 Å². The van der Waals surface area contributed by atoms with E-state index in [0.29, 0.717) is 0 Å². The van der Waals surface area contributed by atoms with Crippen LogP contribution in [0.5, 0.6) is 0 Å². The molecule has 0 aromatic rings. The third-order valence-electron chi connectivity index (χ3n) is 1.90. The predicted octanol–water partition coefficient (Wildman–Crippen LogP) is 3.43. The molecule has 112 valence electrons. The molecule has 0 amide bonds. The van der Waals surface area contributed by atoms with Crippen LogP contribution in [0.3, 0.4) is 0 Å². The van der Waals surface area contributed by atoms with Gasteiger partial charge in [0.2, 0.25) is 0 Å². The van der Waals surface area contributed by atoms with E-state index in [1.807, 2.05) is 0 Å². The van der Waals surface area contributed by atoms with Gasteiger partial charge in [-0.25, -0.2) is 0 Å². The zero-order valence-corrected chi connectivity index (χ0v) is 8.01. The summed E-state index contributed by atoms with van der Waals surface area (Å²) in [5.41, 5.74) is 0. The Morgan fingerprint density at radius 2 is 1.26 bits per heavy atom. The van der Waals surface area contributed by atoms with Crippen LogP contribution in [0, 0.1) is 0 Å². The molecule has 0 aromatic heterocycles. The highest BCUT2D eigenvalue weighted by Gasteiger charge is 2.83. The Morgan fingerprint density at radius 1 is 0.842 bits per heavy atom. The molecule has 2 atom stereocenters. The molecule has 1 aliphatic rings. The maximum atomic E-state index is 12.9. The van der Waals surface area contributed by atoms with Gasteiger partial charge < -0.3 is 0 Å². The van der Waals surface area contributed by atoms with Crippen molar-refractivity contribution >= 4 is 5.97 Å². The maximum absolute atomic E-state index is 12.9. The predicted molar refractivity (Wildman–Crippen MR) is 34.4 cm³/mol. The van der Waals surface area contributed by atoms with Gasteiger partial charge in [0.15, 0.2) is 0 Å². The number of rotatable bonds is 0. The number of alkyl halides is 10. The van der Waals surface area contributed by atoms with E-state index in [4.69, 9.17) is 0 Å². The molecular weight excluding hydrogens is 311 g/mol. The lowest BCUT2D eigenvalue weighted by atomic mass is 10.1. The minimum atomic E-state index is -6.80. The Morgan fingerprint density at radius 3 is 1.58 bits per heavy atom. The highest BCUT2D eigenvalue weighted by Crippen LogP contribution is 2.55. The molecule has 1 heterocycles. The van der Waals surface area contributed by atoms with Crippen molar-refractivity contribution in [1.82, 2.24) is 0 Å². The van der Waals surface area contributed by atoms with Crippen LogP contribution in [0.2, 0.25) is 0 Å². The van der Waals surface area contributed by atoms with Crippen LogP contribution in [-0.2, 0) is 4.74 Å². The van der Waals surface area contributed by atoms with Gasteiger partial charge in [-0.2, -0.15) is 53.3 Å². The second kappa shape index (κ2) is 3.70. The van der Waals surface area contributed by atoms with Gasteiger partial charge in [0.05, 0.1) is 0 Å². The molecule has 0 aliphatic carbocycles. The highest BCUT2D eigenvalue weighted by molar-refractivity contribution is 5.84. The van der Waals surface area contributed by atoms with Gasteiger partial charge in [-0.3, -0.25) is 4.74 Å². The van der Waals surface area contributed by atoms with Gasteiger partial charge in [-0.05, 0) is 0 Å². The van der Waals surface area contributed by atoms with Crippen molar-refractivity contribution in [2.24, 2.45) is 4.99 Å². The molecule has 19 heavy (non-hydrogen) atoms. The van der Waals surface area contributed by atoms with Crippen molar-refractivity contribution < 1.29 is 53.0 Å². The van der Waals surface area contributed by atoms with Crippen LogP contribution in [0.15, 0.2) is 4.99 Å². The third kappa shape index (κ3) is 2.03. The highest BCUT2D eigenvalue weighted by atomic mass is 19.4. The largest absolute Gasteiger partial charge is 0.457 e. The molecule has 0 N–H and O–H groups in total. The van der Waals surface area contributed by atoms with Crippen LogP contribution in [0.4, 0.5) is 48.3 Å². The molecule has 13 heteroatoms. The summed E-state index contributed by atoms with van der Waals surface area (Å²) in [5, 5.41) is 0. The van der Waals surface area contributed by atoms with Gasteiger partial charge in [0.1, 0.15) is 0 Å². The summed E-state index contributed by atoms with van der Waals surface area (Å²) in [5.74, 6) is -16.2. The van der Waals surface area contributed by atoms with Crippen LogP contribution in [0.1, 0.15) is 0 Å². The molecule has 0 spiro atoms. The lowest BCUT2D eigenvalue weighted by Crippen LogP contribution is -2.67. The molecule has 2 nitrogen and oxygen atoms in total. The van der Waals surface area contributed by atoms with Gasteiger partial charge in [-0.1, -0.05) is 0 Å². The number of aliphatic imine (C=N–C) groups is 1. The van der Waals surface area contributed by atoms with Crippen molar-refractivity contribution in [2.45, 2.75) is 30.1 Å². The standard InChI is InChI=1S/C6F11NO/c7-1-2(8,4(10,11)12)19-3(9,5(13,14)15)6(16,17)18-1. The Hall–Kier alpha value is -1.14. The van der Waals surface area contributed by atoms with Crippen LogP contribution in [0.25, 0.3) is 0 Å². The molecule has 0 aromatic carbocycles. The molecule has 1 aliphatic heterocycles. The fourth-order valence-corrected chi connectivity index (χ4v) is 0.968. The third-order valence-corrected chi connectivity index (χ3v) is 1.90. The number of hydrogen-bond acceptors (Lipinski definition) is 2. The molecule has 0 saturated heterocycles. The van der Waals surface area contributed by atoms with Gasteiger partial charge in [0.25, 0.3) is 5.97 Å². The number of ether oxygens (including phenoxy) is 1. The zero-order chi connectivity index (χ0) is 15.5. The lowest BCUT2D eigenvalue weighted by Gasteiger charge is -2.40. The summed E-state index contributed by atoms with van der Waals surface area (Å²) in [6.07, 6.45) is -13.4. The second-order valence-electron chi connectivity index (χ2n) is 3.23.